The zero-order valence-electron chi connectivity index (χ0n) is 14.6. The van der Waals surface area contributed by atoms with Crippen LogP contribution in [0.25, 0.3) is 0 Å². The molecule has 2 N–H and O–H groups in total. The minimum atomic E-state index is 0.640. The Morgan fingerprint density at radius 3 is 2.20 bits per heavy atom. The zero-order chi connectivity index (χ0) is 17.9. The normalized spacial score (nSPS) is 10.2. The molecule has 0 heterocycles. The highest BCUT2D eigenvalue weighted by Crippen LogP contribution is 2.25. The van der Waals surface area contributed by atoms with Crippen LogP contribution in [0, 0.1) is 0 Å². The molecule has 0 saturated heterocycles. The van der Waals surface area contributed by atoms with Crippen LogP contribution in [0.1, 0.15) is 13.3 Å². The van der Waals surface area contributed by atoms with Gasteiger partial charge in [-0.1, -0.05) is 0 Å². The van der Waals surface area contributed by atoms with E-state index in [1.165, 1.54) is 0 Å². The molecule has 0 radical (unpaired) electrons. The van der Waals surface area contributed by atoms with Crippen molar-refractivity contribution in [3.63, 3.8) is 0 Å². The third-order valence-corrected chi connectivity index (χ3v) is 4.24. The summed E-state index contributed by atoms with van der Waals surface area (Å²) in [6.07, 6.45) is 3.20. The monoisotopic (exact) mass is 376 g/mol. The maximum atomic E-state index is 5.83. The quantitative estimate of drug-likeness (QED) is 0.478. The summed E-state index contributed by atoms with van der Waals surface area (Å²) >= 11 is 7.12. The first-order chi connectivity index (χ1) is 12.2. The SMILES string of the molecule is CCOc1ccc(Oc2ccc(NC(=S)NCCCSC)cc2)cc1. The maximum Gasteiger partial charge on any atom is 0.170 e. The van der Waals surface area contributed by atoms with Crippen molar-refractivity contribution in [1.82, 2.24) is 5.32 Å². The van der Waals surface area contributed by atoms with Crippen LogP contribution in [0.15, 0.2) is 48.5 Å². The van der Waals surface area contributed by atoms with E-state index in [9.17, 15) is 0 Å². The van der Waals surface area contributed by atoms with Crippen LogP contribution < -0.4 is 20.1 Å². The molecule has 0 aromatic heterocycles. The lowest BCUT2D eigenvalue weighted by atomic mass is 10.3. The lowest BCUT2D eigenvalue weighted by Gasteiger charge is -2.11. The number of nitrogens with one attached hydrogen (secondary N) is 2. The highest BCUT2D eigenvalue weighted by Gasteiger charge is 2.01. The van der Waals surface area contributed by atoms with Gasteiger partial charge in [0.15, 0.2) is 5.11 Å². The Bertz CT molecular complexity index is 645. The molecule has 0 fully saturated rings. The molecule has 0 aliphatic carbocycles. The Labute approximate surface area is 159 Å². The van der Waals surface area contributed by atoms with E-state index in [0.29, 0.717) is 11.7 Å². The molecule has 0 aliphatic heterocycles. The Kier molecular flexibility index (Phi) is 8.42. The minimum absolute atomic E-state index is 0.640. The Morgan fingerprint density at radius 2 is 1.60 bits per heavy atom. The maximum absolute atomic E-state index is 5.83. The van der Waals surface area contributed by atoms with E-state index in [2.05, 4.69) is 16.9 Å². The van der Waals surface area contributed by atoms with Gasteiger partial charge in [0.05, 0.1) is 6.61 Å². The summed E-state index contributed by atoms with van der Waals surface area (Å²) in [6, 6.07) is 15.3. The van der Waals surface area contributed by atoms with Gasteiger partial charge in [0.1, 0.15) is 17.2 Å². The molecule has 2 aromatic carbocycles. The first-order valence-electron chi connectivity index (χ1n) is 8.26. The molecular weight excluding hydrogens is 352 g/mol. The van der Waals surface area contributed by atoms with Crippen molar-refractivity contribution in [3.05, 3.63) is 48.5 Å². The van der Waals surface area contributed by atoms with Crippen molar-refractivity contribution in [2.45, 2.75) is 13.3 Å². The molecule has 0 bridgehead atoms. The standard InChI is InChI=1S/C19H24N2O2S2/c1-3-22-16-9-11-18(12-10-16)23-17-7-5-15(6-8-17)21-19(24)20-13-4-14-25-2/h5-12H,3-4,13-14H2,1-2H3,(H2,20,21,24). The number of rotatable bonds is 9. The molecule has 4 nitrogen and oxygen atoms in total. The molecule has 0 saturated carbocycles. The van der Waals surface area contributed by atoms with Gasteiger partial charge in [-0.3, -0.25) is 0 Å². The van der Waals surface area contributed by atoms with Gasteiger partial charge in [-0.15, -0.1) is 0 Å². The highest BCUT2D eigenvalue weighted by atomic mass is 32.2. The van der Waals surface area contributed by atoms with Gasteiger partial charge in [0, 0.05) is 12.2 Å². The van der Waals surface area contributed by atoms with Gasteiger partial charge in [-0.2, -0.15) is 11.8 Å². The van der Waals surface area contributed by atoms with Gasteiger partial charge in [0.2, 0.25) is 0 Å². The lowest BCUT2D eigenvalue weighted by Crippen LogP contribution is -2.29. The molecular formula is C19H24N2O2S2. The third-order valence-electron chi connectivity index (χ3n) is 3.29. The van der Waals surface area contributed by atoms with Crippen LogP contribution in [0.5, 0.6) is 17.2 Å². The number of hydrogen-bond donors (Lipinski definition) is 2. The van der Waals surface area contributed by atoms with Crippen LogP contribution in [-0.2, 0) is 0 Å². The Hall–Kier alpha value is -1.92. The van der Waals surface area contributed by atoms with Gasteiger partial charge < -0.3 is 20.1 Å². The number of thiocarbonyl (C=S) groups is 1. The lowest BCUT2D eigenvalue weighted by molar-refractivity contribution is 0.339. The topological polar surface area (TPSA) is 42.5 Å². The van der Waals surface area contributed by atoms with Crippen LogP contribution in [0.2, 0.25) is 0 Å². The van der Waals surface area contributed by atoms with Crippen molar-refractivity contribution in [2.75, 3.05) is 30.5 Å². The van der Waals surface area contributed by atoms with Gasteiger partial charge in [-0.05, 0) is 86.1 Å². The molecule has 6 heteroatoms. The number of ether oxygens (including phenoxy) is 2. The molecule has 2 aromatic rings. The smallest absolute Gasteiger partial charge is 0.170 e. The zero-order valence-corrected chi connectivity index (χ0v) is 16.2. The van der Waals surface area contributed by atoms with Crippen molar-refractivity contribution < 1.29 is 9.47 Å². The van der Waals surface area contributed by atoms with Gasteiger partial charge >= 0.3 is 0 Å². The van der Waals surface area contributed by atoms with Crippen molar-refractivity contribution in [3.8, 4) is 17.2 Å². The first kappa shape index (κ1) is 19.4. The fourth-order valence-corrected chi connectivity index (χ4v) is 2.76. The predicted molar refractivity (Wildman–Crippen MR) is 111 cm³/mol. The average molecular weight is 377 g/mol. The second-order valence-corrected chi connectivity index (χ2v) is 6.65. The summed E-state index contributed by atoms with van der Waals surface area (Å²) < 4.78 is 11.3. The molecule has 25 heavy (non-hydrogen) atoms. The summed E-state index contributed by atoms with van der Waals surface area (Å²) in [4.78, 5) is 0. The van der Waals surface area contributed by atoms with Gasteiger partial charge in [0.25, 0.3) is 0 Å². The molecule has 0 spiro atoms. The number of benzene rings is 2. The van der Waals surface area contributed by atoms with E-state index in [4.69, 9.17) is 21.7 Å². The summed E-state index contributed by atoms with van der Waals surface area (Å²) in [6.45, 7) is 3.50. The first-order valence-corrected chi connectivity index (χ1v) is 10.1. The second kappa shape index (κ2) is 10.8. The van der Waals surface area contributed by atoms with E-state index in [0.717, 1.165) is 41.7 Å². The van der Waals surface area contributed by atoms with Crippen molar-refractivity contribution in [1.29, 1.82) is 0 Å². The van der Waals surface area contributed by atoms with E-state index in [1.807, 2.05) is 67.2 Å². The van der Waals surface area contributed by atoms with E-state index in [-0.39, 0.29) is 0 Å². The highest BCUT2D eigenvalue weighted by molar-refractivity contribution is 7.98. The van der Waals surface area contributed by atoms with Crippen molar-refractivity contribution in [2.24, 2.45) is 0 Å². The van der Waals surface area contributed by atoms with E-state index in [1.54, 1.807) is 0 Å². The minimum Gasteiger partial charge on any atom is -0.494 e. The Balaban J connectivity index is 1.81. The average Bonchev–Trinajstić information content (AvgIpc) is 2.62. The van der Waals surface area contributed by atoms with Gasteiger partial charge in [-0.25, -0.2) is 0 Å². The summed E-state index contributed by atoms with van der Waals surface area (Å²) in [7, 11) is 0. The molecule has 0 unspecified atom stereocenters. The summed E-state index contributed by atoms with van der Waals surface area (Å²) in [5, 5.41) is 7.01. The Morgan fingerprint density at radius 1 is 1.00 bits per heavy atom. The summed E-state index contributed by atoms with van der Waals surface area (Å²) in [5.41, 5.74) is 0.932. The van der Waals surface area contributed by atoms with Crippen LogP contribution in [0.4, 0.5) is 5.69 Å². The number of hydrogen-bond acceptors (Lipinski definition) is 4. The second-order valence-electron chi connectivity index (χ2n) is 5.26. The number of thioether (sulfide) groups is 1. The predicted octanol–water partition coefficient (Wildman–Crippen LogP) is 4.92. The van der Waals surface area contributed by atoms with Crippen LogP contribution >= 0.6 is 24.0 Å². The molecule has 0 amide bonds. The van der Waals surface area contributed by atoms with Crippen molar-refractivity contribution >= 4 is 34.8 Å². The summed E-state index contributed by atoms with van der Waals surface area (Å²) in [5.74, 6) is 3.52. The molecule has 2 rings (SSSR count). The van der Waals surface area contributed by atoms with E-state index < -0.39 is 0 Å². The largest absolute Gasteiger partial charge is 0.494 e. The van der Waals surface area contributed by atoms with E-state index >= 15 is 0 Å². The molecule has 0 aliphatic rings. The molecule has 0 atom stereocenters. The van der Waals surface area contributed by atoms with Crippen LogP contribution in [-0.4, -0.2) is 30.3 Å². The fourth-order valence-electron chi connectivity index (χ4n) is 2.11. The fraction of sp³-hybridized carbons (Fsp3) is 0.316. The number of anilines is 1. The molecule has 134 valence electrons. The third kappa shape index (κ3) is 7.23. The van der Waals surface area contributed by atoms with Crippen LogP contribution in [0.3, 0.4) is 0 Å².